The molecule has 5 nitrogen and oxygen atoms in total. The van der Waals surface area contributed by atoms with Gasteiger partial charge in [0.15, 0.2) is 0 Å². The molecule has 2 aromatic carbocycles. The number of fused-ring (bicyclic) bond motifs is 1. The van der Waals surface area contributed by atoms with Gasteiger partial charge in [-0.15, -0.1) is 0 Å². The highest BCUT2D eigenvalue weighted by molar-refractivity contribution is 6.34. The number of halogens is 1. The number of nitrogens with zero attached hydrogens (tertiary/aromatic N) is 2. The number of benzene rings is 2. The van der Waals surface area contributed by atoms with E-state index in [1.165, 1.54) is 0 Å². The van der Waals surface area contributed by atoms with Crippen molar-refractivity contribution in [3.05, 3.63) is 59.2 Å². The van der Waals surface area contributed by atoms with Crippen molar-refractivity contribution < 1.29 is 4.79 Å². The van der Waals surface area contributed by atoms with E-state index in [0.29, 0.717) is 16.4 Å². The lowest BCUT2D eigenvalue weighted by molar-refractivity contribution is 0.0912. The summed E-state index contributed by atoms with van der Waals surface area (Å²) in [4.78, 5) is 19.5. The molecule has 4 rings (SSSR count). The van der Waals surface area contributed by atoms with Crippen LogP contribution < -0.4 is 11.1 Å². The van der Waals surface area contributed by atoms with Crippen LogP contribution in [0.15, 0.2) is 48.5 Å². The third-order valence-electron chi connectivity index (χ3n) is 5.34. The van der Waals surface area contributed by atoms with Gasteiger partial charge in [0, 0.05) is 17.0 Å². The second kappa shape index (κ2) is 7.78. The number of hydrogen-bond acceptors (Lipinski definition) is 4. The molecule has 1 aliphatic rings. The third kappa shape index (κ3) is 3.81. The quantitative estimate of drug-likeness (QED) is 0.659. The molecule has 1 amide bonds. The monoisotopic (exact) mass is 394 g/mol. The van der Waals surface area contributed by atoms with Gasteiger partial charge in [-0.25, -0.2) is 4.98 Å². The zero-order valence-electron chi connectivity index (χ0n) is 15.8. The maximum absolute atomic E-state index is 12.7. The van der Waals surface area contributed by atoms with Crippen LogP contribution in [0.4, 0.5) is 5.69 Å². The summed E-state index contributed by atoms with van der Waals surface area (Å²) in [5, 5.41) is 5.54. The Bertz CT molecular complexity index is 1030. The maximum Gasteiger partial charge on any atom is 0.270 e. The van der Waals surface area contributed by atoms with Crippen molar-refractivity contribution in [2.75, 3.05) is 25.9 Å². The predicted octanol–water partition coefficient (Wildman–Crippen LogP) is 3.96. The smallest absolute Gasteiger partial charge is 0.270 e. The van der Waals surface area contributed by atoms with Crippen LogP contribution in [0.25, 0.3) is 22.0 Å². The summed E-state index contributed by atoms with van der Waals surface area (Å²) in [5.74, 6) is -0.125. The van der Waals surface area contributed by atoms with Crippen molar-refractivity contribution in [3.8, 4) is 11.3 Å². The maximum atomic E-state index is 12.7. The summed E-state index contributed by atoms with van der Waals surface area (Å²) in [6.07, 6.45) is 1.93. The van der Waals surface area contributed by atoms with Crippen LogP contribution in [0, 0.1) is 0 Å². The van der Waals surface area contributed by atoms with Crippen molar-refractivity contribution in [2.24, 2.45) is 0 Å². The lowest BCUT2D eigenvalue weighted by Crippen LogP contribution is -2.43. The SMILES string of the molecule is CN1CCC(NC(=O)c2cccc(-c3ccc4ccc(Cl)c(N)c4c3)n2)CC1. The van der Waals surface area contributed by atoms with Crippen molar-refractivity contribution in [3.63, 3.8) is 0 Å². The molecule has 2 heterocycles. The first-order chi connectivity index (χ1) is 13.5. The van der Waals surface area contributed by atoms with E-state index in [0.717, 1.165) is 48.0 Å². The number of pyridine rings is 1. The molecular formula is C22H23ClN4O. The van der Waals surface area contributed by atoms with Crippen molar-refractivity contribution in [2.45, 2.75) is 18.9 Å². The van der Waals surface area contributed by atoms with Gasteiger partial charge in [-0.05, 0) is 62.6 Å². The number of aromatic nitrogens is 1. The minimum atomic E-state index is -0.125. The topological polar surface area (TPSA) is 71.2 Å². The number of amides is 1. The fourth-order valence-corrected chi connectivity index (χ4v) is 3.77. The van der Waals surface area contributed by atoms with Crippen molar-refractivity contribution in [1.29, 1.82) is 0 Å². The average molecular weight is 395 g/mol. The largest absolute Gasteiger partial charge is 0.397 e. The van der Waals surface area contributed by atoms with E-state index in [2.05, 4.69) is 22.2 Å². The van der Waals surface area contributed by atoms with Gasteiger partial charge in [0.25, 0.3) is 5.91 Å². The first kappa shape index (κ1) is 18.7. The van der Waals surface area contributed by atoms with Crippen molar-refractivity contribution in [1.82, 2.24) is 15.2 Å². The molecule has 3 aromatic rings. The molecule has 0 bridgehead atoms. The molecular weight excluding hydrogens is 372 g/mol. The minimum absolute atomic E-state index is 0.125. The van der Waals surface area contributed by atoms with Crippen LogP contribution >= 0.6 is 11.6 Å². The van der Waals surface area contributed by atoms with Gasteiger partial charge in [-0.2, -0.15) is 0 Å². The Hall–Kier alpha value is -2.63. The molecule has 0 radical (unpaired) electrons. The fourth-order valence-electron chi connectivity index (χ4n) is 3.61. The molecule has 1 aliphatic heterocycles. The van der Waals surface area contributed by atoms with Gasteiger partial charge in [0.1, 0.15) is 5.69 Å². The standard InChI is InChI=1S/C22H23ClN4O/c1-27-11-9-16(10-12-27)25-22(28)20-4-2-3-19(26-20)15-6-5-14-7-8-18(23)21(24)17(14)13-15/h2-8,13,16H,9-12,24H2,1H3,(H,25,28). The van der Waals surface area contributed by atoms with E-state index < -0.39 is 0 Å². The molecule has 0 atom stereocenters. The van der Waals surface area contributed by atoms with E-state index in [4.69, 9.17) is 17.3 Å². The van der Waals surface area contributed by atoms with Gasteiger partial charge in [-0.3, -0.25) is 4.79 Å². The first-order valence-electron chi connectivity index (χ1n) is 9.46. The van der Waals surface area contributed by atoms with Gasteiger partial charge >= 0.3 is 0 Å². The van der Waals surface area contributed by atoms with E-state index >= 15 is 0 Å². The molecule has 0 saturated carbocycles. The number of hydrogen-bond donors (Lipinski definition) is 2. The highest BCUT2D eigenvalue weighted by atomic mass is 35.5. The molecule has 0 unspecified atom stereocenters. The summed E-state index contributed by atoms with van der Waals surface area (Å²) in [7, 11) is 2.10. The van der Waals surface area contributed by atoms with E-state index in [1.807, 2.05) is 36.4 Å². The Kier molecular flexibility index (Phi) is 5.20. The fraction of sp³-hybridized carbons (Fsp3) is 0.273. The van der Waals surface area contributed by atoms with Gasteiger partial charge < -0.3 is 16.0 Å². The van der Waals surface area contributed by atoms with Crippen LogP contribution in [0.3, 0.4) is 0 Å². The zero-order valence-corrected chi connectivity index (χ0v) is 16.5. The van der Waals surface area contributed by atoms with Crippen LogP contribution in [0.5, 0.6) is 0 Å². The number of rotatable bonds is 3. The van der Waals surface area contributed by atoms with Crippen LogP contribution in [0.1, 0.15) is 23.3 Å². The lowest BCUT2D eigenvalue weighted by atomic mass is 10.0. The van der Waals surface area contributed by atoms with E-state index in [9.17, 15) is 4.79 Å². The highest BCUT2D eigenvalue weighted by Gasteiger charge is 2.20. The molecule has 0 aliphatic carbocycles. The minimum Gasteiger partial charge on any atom is -0.397 e. The predicted molar refractivity (Wildman–Crippen MR) is 115 cm³/mol. The highest BCUT2D eigenvalue weighted by Crippen LogP contribution is 2.31. The molecule has 6 heteroatoms. The number of nitrogens with one attached hydrogen (secondary N) is 1. The van der Waals surface area contributed by atoms with Crippen LogP contribution in [0.2, 0.25) is 5.02 Å². The zero-order chi connectivity index (χ0) is 19.7. The summed E-state index contributed by atoms with van der Waals surface area (Å²) in [5.41, 5.74) is 8.75. The molecule has 1 aromatic heterocycles. The summed E-state index contributed by atoms with van der Waals surface area (Å²) < 4.78 is 0. The molecule has 28 heavy (non-hydrogen) atoms. The van der Waals surface area contributed by atoms with E-state index in [-0.39, 0.29) is 11.9 Å². The van der Waals surface area contributed by atoms with E-state index in [1.54, 1.807) is 12.1 Å². The molecule has 3 N–H and O–H groups in total. The Morgan fingerprint density at radius 1 is 1.18 bits per heavy atom. The Morgan fingerprint density at radius 3 is 2.71 bits per heavy atom. The number of anilines is 1. The molecule has 0 spiro atoms. The van der Waals surface area contributed by atoms with Gasteiger partial charge in [-0.1, -0.05) is 35.9 Å². The number of nitrogens with two attached hydrogens (primary N) is 1. The number of likely N-dealkylation sites (tertiary alicyclic amines) is 1. The van der Waals surface area contributed by atoms with Crippen LogP contribution in [-0.4, -0.2) is 42.0 Å². The second-order valence-electron chi connectivity index (χ2n) is 7.36. The number of nitrogen functional groups attached to an aromatic ring is 1. The number of carbonyl (C=O) groups excluding carboxylic acids is 1. The Balaban J connectivity index is 1.59. The molecule has 1 saturated heterocycles. The molecule has 144 valence electrons. The van der Waals surface area contributed by atoms with Crippen LogP contribution in [-0.2, 0) is 0 Å². The summed E-state index contributed by atoms with van der Waals surface area (Å²) in [6.45, 7) is 2.00. The van der Waals surface area contributed by atoms with Gasteiger partial charge in [0.2, 0.25) is 0 Å². The first-order valence-corrected chi connectivity index (χ1v) is 9.83. The third-order valence-corrected chi connectivity index (χ3v) is 5.67. The Labute approximate surface area is 169 Å². The second-order valence-corrected chi connectivity index (χ2v) is 7.76. The number of piperidine rings is 1. The van der Waals surface area contributed by atoms with Crippen molar-refractivity contribution >= 4 is 34.0 Å². The average Bonchev–Trinajstić information content (AvgIpc) is 2.72. The normalized spacial score (nSPS) is 15.6. The Morgan fingerprint density at radius 2 is 1.93 bits per heavy atom. The van der Waals surface area contributed by atoms with Gasteiger partial charge in [0.05, 0.1) is 16.4 Å². The lowest BCUT2D eigenvalue weighted by Gasteiger charge is -2.29. The summed E-state index contributed by atoms with van der Waals surface area (Å²) >= 11 is 6.16. The molecule has 1 fully saturated rings. The summed E-state index contributed by atoms with van der Waals surface area (Å²) in [6, 6.07) is 15.4. The number of carbonyl (C=O) groups is 1.